The lowest BCUT2D eigenvalue weighted by atomic mass is 10.2. The van der Waals surface area contributed by atoms with Gasteiger partial charge in [0.1, 0.15) is 6.00 Å². The fraction of sp³-hybridized carbons (Fsp3) is 0.417. The van der Waals surface area contributed by atoms with Crippen molar-refractivity contribution in [3.63, 3.8) is 0 Å². The van der Waals surface area contributed by atoms with Gasteiger partial charge in [-0.25, -0.2) is 4.79 Å². The molecule has 0 fully saturated rings. The maximum absolute atomic E-state index is 11.8. The number of aryl methyl sites for hydroxylation is 1. The number of benzene rings is 1. The Morgan fingerprint density at radius 2 is 2.12 bits per heavy atom. The molecule has 0 aliphatic carbocycles. The molecule has 0 aromatic heterocycles. The summed E-state index contributed by atoms with van der Waals surface area (Å²) in [5, 5.41) is 0.554. The van der Waals surface area contributed by atoms with Crippen LogP contribution in [0.3, 0.4) is 0 Å². The largest absolute Gasteiger partial charge is 0.446 e. The normalized spacial score (nSPS) is 10.5. The molecule has 0 aliphatic rings. The zero-order chi connectivity index (χ0) is 13.0. The van der Waals surface area contributed by atoms with Crippen LogP contribution in [0.15, 0.2) is 18.2 Å². The summed E-state index contributed by atoms with van der Waals surface area (Å²) in [6.45, 7) is 5.46. The fourth-order valence-corrected chi connectivity index (χ4v) is 1.74. The number of nitrogens with zero attached hydrogens (tertiary/aromatic N) is 1. The minimum Gasteiger partial charge on any atom is -0.446 e. The van der Waals surface area contributed by atoms with Gasteiger partial charge in [-0.3, -0.25) is 4.90 Å². The van der Waals surface area contributed by atoms with Gasteiger partial charge < -0.3 is 4.74 Å². The number of carbonyl (C=O) groups excluding carboxylic acids is 1. The molecule has 17 heavy (non-hydrogen) atoms. The second-order valence-electron chi connectivity index (χ2n) is 3.91. The Labute approximate surface area is 111 Å². The second kappa shape index (κ2) is 6.12. The lowest BCUT2D eigenvalue weighted by molar-refractivity contribution is 0.123. The van der Waals surface area contributed by atoms with Crippen molar-refractivity contribution in [2.45, 2.75) is 26.9 Å². The molecule has 0 N–H and O–H groups in total. The van der Waals surface area contributed by atoms with Crippen molar-refractivity contribution >= 4 is 35.0 Å². The van der Waals surface area contributed by atoms with Crippen molar-refractivity contribution in [1.82, 2.24) is 0 Å². The zero-order valence-electron chi connectivity index (χ0n) is 10.0. The Bertz CT molecular complexity index is 407. The van der Waals surface area contributed by atoms with Crippen molar-refractivity contribution < 1.29 is 9.53 Å². The molecule has 1 rings (SSSR count). The van der Waals surface area contributed by atoms with Gasteiger partial charge in [-0.1, -0.05) is 17.7 Å². The third kappa shape index (κ3) is 3.79. The summed E-state index contributed by atoms with van der Waals surface area (Å²) in [7, 11) is 0. The van der Waals surface area contributed by atoms with Gasteiger partial charge >= 0.3 is 6.09 Å². The standard InChI is InChI=1S/C12H15Cl2NO2/c1-8(2)17-12(16)15(7-13)11-6-10(14)5-4-9(11)3/h4-6,8H,7H2,1-3H3. The molecule has 3 nitrogen and oxygen atoms in total. The van der Waals surface area contributed by atoms with Crippen LogP contribution in [-0.2, 0) is 4.74 Å². The predicted molar refractivity (Wildman–Crippen MR) is 71.0 cm³/mol. The minimum absolute atomic E-state index is 0.0206. The molecule has 0 aliphatic heterocycles. The highest BCUT2D eigenvalue weighted by atomic mass is 35.5. The number of alkyl halides is 1. The molecule has 0 spiro atoms. The maximum atomic E-state index is 11.8. The number of rotatable bonds is 3. The van der Waals surface area contributed by atoms with Crippen LogP contribution >= 0.6 is 23.2 Å². The summed E-state index contributed by atoms with van der Waals surface area (Å²) >= 11 is 11.7. The van der Waals surface area contributed by atoms with Crippen molar-refractivity contribution in [3.05, 3.63) is 28.8 Å². The van der Waals surface area contributed by atoms with Gasteiger partial charge in [-0.05, 0) is 38.5 Å². The van der Waals surface area contributed by atoms with Crippen molar-refractivity contribution in [2.75, 3.05) is 10.9 Å². The van der Waals surface area contributed by atoms with Crippen LogP contribution in [0.25, 0.3) is 0 Å². The van der Waals surface area contributed by atoms with Gasteiger partial charge in [0, 0.05) is 5.02 Å². The molecule has 94 valence electrons. The summed E-state index contributed by atoms with van der Waals surface area (Å²) < 4.78 is 5.11. The number of ether oxygens (including phenoxy) is 1. The van der Waals surface area contributed by atoms with E-state index in [4.69, 9.17) is 27.9 Å². The smallest absolute Gasteiger partial charge is 0.415 e. The number of amides is 1. The first-order chi connectivity index (χ1) is 7.95. The fourth-order valence-electron chi connectivity index (χ4n) is 1.35. The van der Waals surface area contributed by atoms with Crippen molar-refractivity contribution in [1.29, 1.82) is 0 Å². The Kier molecular flexibility index (Phi) is 5.09. The van der Waals surface area contributed by atoms with E-state index in [1.807, 2.05) is 13.0 Å². The van der Waals surface area contributed by atoms with E-state index in [1.54, 1.807) is 26.0 Å². The molecule has 5 heteroatoms. The Hall–Kier alpha value is -0.930. The van der Waals surface area contributed by atoms with Crippen LogP contribution in [0.2, 0.25) is 5.02 Å². The third-order valence-corrected chi connectivity index (χ3v) is 2.61. The molecule has 0 bridgehead atoms. The van der Waals surface area contributed by atoms with Gasteiger partial charge in [0.05, 0.1) is 11.8 Å². The molecule has 0 unspecified atom stereocenters. The molecule has 0 saturated carbocycles. The summed E-state index contributed by atoms with van der Waals surface area (Å²) in [5.41, 5.74) is 1.58. The second-order valence-corrected chi connectivity index (χ2v) is 4.59. The number of hydrogen-bond donors (Lipinski definition) is 0. The first-order valence-electron chi connectivity index (χ1n) is 5.26. The van der Waals surface area contributed by atoms with Crippen molar-refractivity contribution in [3.8, 4) is 0 Å². The number of carbonyl (C=O) groups is 1. The van der Waals surface area contributed by atoms with E-state index in [0.29, 0.717) is 10.7 Å². The molecular formula is C12H15Cl2NO2. The monoisotopic (exact) mass is 275 g/mol. The highest BCUT2D eigenvalue weighted by Crippen LogP contribution is 2.25. The molecular weight excluding hydrogens is 261 g/mol. The van der Waals surface area contributed by atoms with Crippen LogP contribution in [0.1, 0.15) is 19.4 Å². The maximum Gasteiger partial charge on any atom is 0.415 e. The van der Waals surface area contributed by atoms with Crippen LogP contribution in [0.5, 0.6) is 0 Å². The summed E-state index contributed by atoms with van der Waals surface area (Å²) in [4.78, 5) is 13.2. The van der Waals surface area contributed by atoms with Gasteiger partial charge in [-0.2, -0.15) is 0 Å². The average molecular weight is 276 g/mol. The van der Waals surface area contributed by atoms with E-state index in [0.717, 1.165) is 5.56 Å². The molecule has 0 saturated heterocycles. The highest BCUT2D eigenvalue weighted by Gasteiger charge is 2.19. The van der Waals surface area contributed by atoms with Crippen molar-refractivity contribution in [2.24, 2.45) is 0 Å². The third-order valence-electron chi connectivity index (χ3n) is 2.14. The van der Waals surface area contributed by atoms with E-state index in [9.17, 15) is 4.79 Å². The van der Waals surface area contributed by atoms with E-state index in [2.05, 4.69) is 0 Å². The van der Waals surface area contributed by atoms with Gasteiger partial charge in [0.25, 0.3) is 0 Å². The Balaban J connectivity index is 3.00. The molecule has 1 amide bonds. The SMILES string of the molecule is Cc1ccc(Cl)cc1N(CCl)C(=O)OC(C)C. The highest BCUT2D eigenvalue weighted by molar-refractivity contribution is 6.31. The molecule has 1 aromatic rings. The number of halogens is 2. The molecule has 0 heterocycles. The van der Waals surface area contributed by atoms with Gasteiger partial charge in [0.15, 0.2) is 0 Å². The summed E-state index contributed by atoms with van der Waals surface area (Å²) in [6, 6.07) is 5.31. The zero-order valence-corrected chi connectivity index (χ0v) is 11.5. The van der Waals surface area contributed by atoms with E-state index < -0.39 is 6.09 Å². The van der Waals surface area contributed by atoms with Crippen LogP contribution in [-0.4, -0.2) is 18.2 Å². The summed E-state index contributed by atoms with van der Waals surface area (Å²) in [6.07, 6.45) is -0.659. The van der Waals surface area contributed by atoms with Crippen LogP contribution < -0.4 is 4.90 Å². The first kappa shape index (κ1) is 14.1. The lowest BCUT2D eigenvalue weighted by Gasteiger charge is -2.22. The van der Waals surface area contributed by atoms with Gasteiger partial charge in [0.2, 0.25) is 0 Å². The van der Waals surface area contributed by atoms with E-state index >= 15 is 0 Å². The quantitative estimate of drug-likeness (QED) is 0.611. The van der Waals surface area contributed by atoms with Crippen LogP contribution in [0, 0.1) is 6.92 Å². The molecule has 1 aromatic carbocycles. The van der Waals surface area contributed by atoms with Crippen LogP contribution in [0.4, 0.5) is 10.5 Å². The average Bonchev–Trinajstić information content (AvgIpc) is 2.23. The minimum atomic E-state index is -0.472. The number of anilines is 1. The Morgan fingerprint density at radius 1 is 1.47 bits per heavy atom. The van der Waals surface area contributed by atoms with Gasteiger partial charge in [-0.15, -0.1) is 11.6 Å². The molecule has 0 atom stereocenters. The predicted octanol–water partition coefficient (Wildman–Crippen LogP) is 4.20. The topological polar surface area (TPSA) is 29.5 Å². The number of hydrogen-bond acceptors (Lipinski definition) is 2. The molecule has 0 radical (unpaired) electrons. The summed E-state index contributed by atoms with van der Waals surface area (Å²) in [5.74, 6) is 0. The lowest BCUT2D eigenvalue weighted by Crippen LogP contribution is -2.32. The van der Waals surface area contributed by atoms with E-state index in [1.165, 1.54) is 4.90 Å². The first-order valence-corrected chi connectivity index (χ1v) is 6.17. The Morgan fingerprint density at radius 3 is 2.65 bits per heavy atom. The van der Waals surface area contributed by atoms with E-state index in [-0.39, 0.29) is 12.1 Å².